The second kappa shape index (κ2) is 9.30. The lowest BCUT2D eigenvalue weighted by atomic mass is 9.48. The van der Waals surface area contributed by atoms with Crippen molar-refractivity contribution in [2.24, 2.45) is 28.6 Å². The van der Waals surface area contributed by atoms with Crippen LogP contribution in [0.15, 0.2) is 22.3 Å². The van der Waals surface area contributed by atoms with Gasteiger partial charge in [0.2, 0.25) is 0 Å². The molecule has 212 valence electrons. The molecule has 0 aromatic rings. The fraction of sp³-hybridized carbons (Fsp3) is 0.852. The number of hydrogen-bond donors (Lipinski definition) is 0. The fourth-order valence-electron chi connectivity index (χ4n) is 7.55. The smallest absolute Gasteiger partial charge is 0.413 e. The second-order valence-corrected chi connectivity index (χ2v) is 20.8. The van der Waals surface area contributed by atoms with Crippen LogP contribution in [0, 0.1) is 28.6 Å². The lowest BCUT2D eigenvalue weighted by molar-refractivity contribution is -0.0671. The van der Waals surface area contributed by atoms with E-state index >= 15 is 0 Å². The Bertz CT molecular complexity index is 1090. The molecule has 0 bridgehead atoms. The van der Waals surface area contributed by atoms with E-state index < -0.39 is 23.9 Å². The van der Waals surface area contributed by atoms with Gasteiger partial charge in [0, 0.05) is 4.91 Å². The molecule has 0 aliphatic heterocycles. The first-order valence-corrected chi connectivity index (χ1v) is 19.0. The van der Waals surface area contributed by atoms with Gasteiger partial charge in [0.05, 0.1) is 6.10 Å². The maximum absolute atomic E-state index is 13.0. The molecule has 0 saturated heterocycles. The Kier molecular flexibility index (Phi) is 7.42. The van der Waals surface area contributed by atoms with E-state index in [0.29, 0.717) is 29.1 Å². The number of thioether (sulfide) groups is 1. The van der Waals surface area contributed by atoms with Crippen molar-refractivity contribution in [1.82, 2.24) is 0 Å². The Morgan fingerprint density at radius 1 is 1.05 bits per heavy atom. The van der Waals surface area contributed by atoms with Crippen LogP contribution >= 0.6 is 11.8 Å². The number of rotatable bonds is 5. The third-order valence-corrected chi connectivity index (χ3v) is 17.0. The molecule has 0 unspecified atom stereocenters. The molecule has 3 fully saturated rings. The summed E-state index contributed by atoms with van der Waals surface area (Å²) in [6.07, 6.45) is 10.3. The summed E-state index contributed by atoms with van der Waals surface area (Å²) in [4.78, 5) is 0.582. The molecule has 0 aromatic carbocycles. The number of hydrogen-bond acceptors (Lipinski definition) is 5. The maximum atomic E-state index is 13.0. The quantitative estimate of drug-likeness (QED) is 0.186. The standard InChI is InChI=1S/C27H43F3O4S2Si/c1-24(2,3)37(7,8)34-23-12-11-19-18-10-9-17-15-21(33-36(31,32)27(28,29)30)22(35-6)16-26(17,5)20(18)13-14-25(19,23)4/h15,18-20,23H,9-14,16H2,1-8H3/t18-,19-,20-,23-,25-,26-/m0/s1. The average Bonchev–Trinajstić information content (AvgIpc) is 3.07. The van der Waals surface area contributed by atoms with E-state index in [-0.39, 0.29) is 27.7 Å². The first kappa shape index (κ1) is 29.5. The van der Waals surface area contributed by atoms with Crippen molar-refractivity contribution in [3.63, 3.8) is 0 Å². The molecule has 0 aromatic heterocycles. The van der Waals surface area contributed by atoms with Crippen LogP contribution in [0.5, 0.6) is 0 Å². The van der Waals surface area contributed by atoms with Gasteiger partial charge in [-0.05, 0) is 104 Å². The molecule has 0 spiro atoms. The summed E-state index contributed by atoms with van der Waals surface area (Å²) in [7, 11) is -7.60. The first-order valence-electron chi connectivity index (χ1n) is 13.4. The topological polar surface area (TPSA) is 52.6 Å². The predicted octanol–water partition coefficient (Wildman–Crippen LogP) is 8.39. The Morgan fingerprint density at radius 3 is 2.27 bits per heavy atom. The SMILES string of the molecule is CSC1=C(OS(=O)(=O)C(F)(F)F)C=C2CC[C@H]3[C@@H]4CC[C@H](O[Si](C)(C)C(C)(C)C)[C@@]4(C)CC[C@@H]3[C@@]2(C)C1. The molecule has 0 amide bonds. The minimum absolute atomic E-state index is 0.149. The van der Waals surface area contributed by atoms with Crippen LogP contribution in [-0.2, 0) is 18.7 Å². The molecule has 10 heteroatoms. The van der Waals surface area contributed by atoms with Crippen molar-refractivity contribution >= 4 is 30.2 Å². The first-order chi connectivity index (χ1) is 16.8. The Balaban J connectivity index is 1.59. The van der Waals surface area contributed by atoms with Gasteiger partial charge in [0.25, 0.3) is 0 Å². The molecule has 4 aliphatic rings. The summed E-state index contributed by atoms with van der Waals surface area (Å²) in [5.74, 6) is 1.38. The van der Waals surface area contributed by atoms with Gasteiger partial charge in [0.1, 0.15) is 0 Å². The van der Waals surface area contributed by atoms with Gasteiger partial charge in [-0.25, -0.2) is 0 Å². The Labute approximate surface area is 226 Å². The van der Waals surface area contributed by atoms with Crippen LogP contribution < -0.4 is 0 Å². The van der Waals surface area contributed by atoms with E-state index in [0.717, 1.165) is 44.1 Å². The van der Waals surface area contributed by atoms with E-state index in [9.17, 15) is 21.6 Å². The average molecular weight is 581 g/mol. The molecule has 4 aliphatic carbocycles. The molecule has 0 N–H and O–H groups in total. The van der Waals surface area contributed by atoms with Crippen LogP contribution in [-0.4, -0.2) is 34.6 Å². The zero-order valence-corrected chi connectivity index (χ0v) is 26.1. The zero-order chi connectivity index (χ0) is 27.8. The minimum atomic E-state index is -5.70. The van der Waals surface area contributed by atoms with E-state index in [1.807, 2.05) is 0 Å². The molecule has 6 atom stereocenters. The van der Waals surface area contributed by atoms with Crippen molar-refractivity contribution < 1.29 is 30.2 Å². The lowest BCUT2D eigenvalue weighted by Crippen LogP contribution is -2.53. The lowest BCUT2D eigenvalue weighted by Gasteiger charge is -2.58. The molecular formula is C27H43F3O4S2Si. The molecule has 37 heavy (non-hydrogen) atoms. The maximum Gasteiger partial charge on any atom is 0.534 e. The number of fused-ring (bicyclic) bond motifs is 5. The van der Waals surface area contributed by atoms with Crippen molar-refractivity contribution in [2.75, 3.05) is 6.26 Å². The summed E-state index contributed by atoms with van der Waals surface area (Å²) in [6, 6.07) is 0. The van der Waals surface area contributed by atoms with E-state index in [1.165, 1.54) is 11.8 Å². The molecule has 4 rings (SSSR count). The largest absolute Gasteiger partial charge is 0.534 e. The van der Waals surface area contributed by atoms with Gasteiger partial charge in [-0.2, -0.15) is 21.6 Å². The minimum Gasteiger partial charge on any atom is -0.413 e. The highest BCUT2D eigenvalue weighted by molar-refractivity contribution is 8.02. The van der Waals surface area contributed by atoms with Crippen molar-refractivity contribution in [3.8, 4) is 0 Å². The molecule has 0 heterocycles. The zero-order valence-electron chi connectivity index (χ0n) is 23.4. The summed E-state index contributed by atoms with van der Waals surface area (Å²) >= 11 is 1.29. The van der Waals surface area contributed by atoms with Crippen molar-refractivity contribution in [3.05, 3.63) is 22.3 Å². The summed E-state index contributed by atoms with van der Waals surface area (Å²) in [6.45, 7) is 16.2. The van der Waals surface area contributed by atoms with Gasteiger partial charge in [-0.1, -0.05) is 40.2 Å². The predicted molar refractivity (Wildman–Crippen MR) is 146 cm³/mol. The van der Waals surface area contributed by atoms with E-state index in [2.05, 4.69) is 51.9 Å². The normalized spacial score (nSPS) is 37.0. The van der Waals surface area contributed by atoms with Crippen LogP contribution in [0.2, 0.25) is 18.1 Å². The van der Waals surface area contributed by atoms with Crippen LogP contribution in [0.1, 0.15) is 79.6 Å². The number of allylic oxidation sites excluding steroid dienone is 3. The van der Waals surface area contributed by atoms with Gasteiger partial charge < -0.3 is 8.61 Å². The molecular weight excluding hydrogens is 538 g/mol. The third-order valence-electron chi connectivity index (χ3n) is 10.7. The van der Waals surface area contributed by atoms with Crippen molar-refractivity contribution in [2.45, 2.75) is 109 Å². The van der Waals surface area contributed by atoms with Gasteiger partial charge in [-0.3, -0.25) is 0 Å². The number of halogens is 3. The van der Waals surface area contributed by atoms with Crippen molar-refractivity contribution in [1.29, 1.82) is 0 Å². The highest BCUT2D eigenvalue weighted by Gasteiger charge is 2.60. The van der Waals surface area contributed by atoms with Crippen LogP contribution in [0.3, 0.4) is 0 Å². The second-order valence-electron chi connectivity index (χ2n) is 13.6. The van der Waals surface area contributed by atoms with Gasteiger partial charge in [-0.15, -0.1) is 11.8 Å². The van der Waals surface area contributed by atoms with Crippen LogP contribution in [0.4, 0.5) is 13.2 Å². The van der Waals surface area contributed by atoms with Gasteiger partial charge in [0.15, 0.2) is 14.1 Å². The van der Waals surface area contributed by atoms with Crippen LogP contribution in [0.25, 0.3) is 0 Å². The Morgan fingerprint density at radius 2 is 1.70 bits per heavy atom. The highest BCUT2D eigenvalue weighted by atomic mass is 32.2. The third kappa shape index (κ3) is 4.88. The fourth-order valence-corrected chi connectivity index (χ4v) is 10.3. The monoisotopic (exact) mass is 580 g/mol. The highest BCUT2D eigenvalue weighted by Crippen LogP contribution is 2.67. The Hall–Kier alpha value is -0.453. The summed E-state index contributed by atoms with van der Waals surface area (Å²) in [5.41, 5.74) is -4.46. The summed E-state index contributed by atoms with van der Waals surface area (Å²) < 4.78 is 74.3. The van der Waals surface area contributed by atoms with E-state index in [4.69, 9.17) is 4.43 Å². The summed E-state index contributed by atoms with van der Waals surface area (Å²) in [5, 5.41) is 0.165. The van der Waals surface area contributed by atoms with Gasteiger partial charge >= 0.3 is 15.6 Å². The molecule has 0 radical (unpaired) electrons. The molecule has 4 nitrogen and oxygen atoms in total. The van der Waals surface area contributed by atoms with E-state index in [1.54, 1.807) is 12.3 Å². The molecule has 3 saturated carbocycles. The number of alkyl halides is 3.